The van der Waals surface area contributed by atoms with Crippen LogP contribution in [0.2, 0.25) is 0 Å². The molecular formula is C29H27N3O4S. The smallest absolute Gasteiger partial charge is 0.265 e. The standard InChI is InChI=1S/C29H27N3O4S/c33-28(30-22-8-11-24(12-9-22)36-20-21-5-2-1-3-6-21)25-19-23(31-29(34)27-7-4-18-37-27)10-13-26(25)32-14-16-35-17-15-32/h1-13,18-19H,14-17,20H2,(H,30,33)(H,31,34). The van der Waals surface area contributed by atoms with E-state index in [0.717, 1.165) is 11.3 Å². The Kier molecular flexibility index (Phi) is 7.78. The van der Waals surface area contributed by atoms with E-state index in [4.69, 9.17) is 9.47 Å². The number of rotatable bonds is 8. The van der Waals surface area contributed by atoms with Gasteiger partial charge in [-0.25, -0.2) is 0 Å². The molecular weight excluding hydrogens is 486 g/mol. The summed E-state index contributed by atoms with van der Waals surface area (Å²) in [6.45, 7) is 3.05. The predicted molar refractivity (Wildman–Crippen MR) is 147 cm³/mol. The molecule has 1 aliphatic rings. The van der Waals surface area contributed by atoms with Crippen LogP contribution < -0.4 is 20.3 Å². The van der Waals surface area contributed by atoms with Crippen LogP contribution in [0.15, 0.2) is 90.3 Å². The number of amides is 2. The second-order valence-corrected chi connectivity index (χ2v) is 9.46. The zero-order chi connectivity index (χ0) is 25.5. The third kappa shape index (κ3) is 6.35. The first kappa shape index (κ1) is 24.5. The summed E-state index contributed by atoms with van der Waals surface area (Å²) in [6.07, 6.45) is 0. The minimum absolute atomic E-state index is 0.202. The molecule has 0 spiro atoms. The Morgan fingerprint density at radius 2 is 1.57 bits per heavy atom. The molecule has 0 saturated carbocycles. The molecule has 1 aliphatic heterocycles. The summed E-state index contributed by atoms with van der Waals surface area (Å²) >= 11 is 1.37. The summed E-state index contributed by atoms with van der Waals surface area (Å²) in [5.74, 6) is 0.257. The summed E-state index contributed by atoms with van der Waals surface area (Å²) in [7, 11) is 0. The number of nitrogens with one attached hydrogen (secondary N) is 2. The SMILES string of the molecule is O=C(Nc1ccc(N2CCOCC2)c(C(=O)Nc2ccc(OCc3ccccc3)cc2)c1)c1cccs1. The minimum atomic E-state index is -0.258. The van der Waals surface area contributed by atoms with E-state index >= 15 is 0 Å². The monoisotopic (exact) mass is 513 g/mol. The van der Waals surface area contributed by atoms with Crippen molar-refractivity contribution in [1.29, 1.82) is 0 Å². The summed E-state index contributed by atoms with van der Waals surface area (Å²) < 4.78 is 11.3. The first-order chi connectivity index (χ1) is 18.2. The lowest BCUT2D eigenvalue weighted by Crippen LogP contribution is -2.37. The second-order valence-electron chi connectivity index (χ2n) is 8.52. The number of morpholine rings is 1. The van der Waals surface area contributed by atoms with Crippen LogP contribution >= 0.6 is 11.3 Å². The van der Waals surface area contributed by atoms with Gasteiger partial charge in [-0.1, -0.05) is 36.4 Å². The van der Waals surface area contributed by atoms with Crippen LogP contribution in [0.4, 0.5) is 17.1 Å². The normalized spacial score (nSPS) is 13.1. The van der Waals surface area contributed by atoms with Crippen LogP contribution in [-0.4, -0.2) is 38.1 Å². The Morgan fingerprint density at radius 3 is 2.30 bits per heavy atom. The van der Waals surface area contributed by atoms with Crippen molar-refractivity contribution in [2.24, 2.45) is 0 Å². The summed E-state index contributed by atoms with van der Waals surface area (Å²) in [4.78, 5) is 28.7. The zero-order valence-electron chi connectivity index (χ0n) is 20.2. The van der Waals surface area contributed by atoms with Gasteiger partial charge in [-0.15, -0.1) is 11.3 Å². The van der Waals surface area contributed by atoms with Crippen LogP contribution in [0.1, 0.15) is 25.6 Å². The maximum Gasteiger partial charge on any atom is 0.265 e. The molecule has 3 aromatic carbocycles. The van der Waals surface area contributed by atoms with Gasteiger partial charge in [0.05, 0.1) is 23.7 Å². The van der Waals surface area contributed by atoms with Crippen molar-refractivity contribution in [1.82, 2.24) is 0 Å². The van der Waals surface area contributed by atoms with Gasteiger partial charge in [-0.2, -0.15) is 0 Å². The van der Waals surface area contributed by atoms with Gasteiger partial charge in [-0.05, 0) is 59.5 Å². The van der Waals surface area contributed by atoms with Crippen molar-refractivity contribution >= 4 is 40.2 Å². The summed E-state index contributed by atoms with van der Waals surface area (Å²) in [6, 6.07) is 26.3. The van der Waals surface area contributed by atoms with Crippen molar-refractivity contribution in [3.8, 4) is 5.75 Å². The first-order valence-electron chi connectivity index (χ1n) is 12.1. The van der Waals surface area contributed by atoms with Crippen LogP contribution in [0.5, 0.6) is 5.75 Å². The number of hydrogen-bond acceptors (Lipinski definition) is 6. The molecule has 2 N–H and O–H groups in total. The number of hydrogen-bond donors (Lipinski definition) is 2. The second kappa shape index (κ2) is 11.7. The number of ether oxygens (including phenoxy) is 2. The third-order valence-electron chi connectivity index (χ3n) is 5.96. The number of nitrogens with zero attached hydrogens (tertiary/aromatic N) is 1. The molecule has 0 radical (unpaired) electrons. The highest BCUT2D eigenvalue weighted by Crippen LogP contribution is 2.27. The fourth-order valence-electron chi connectivity index (χ4n) is 4.05. The van der Waals surface area contributed by atoms with Gasteiger partial charge in [-0.3, -0.25) is 9.59 Å². The van der Waals surface area contributed by atoms with Crippen LogP contribution in [0.25, 0.3) is 0 Å². The topological polar surface area (TPSA) is 79.9 Å². The number of carbonyl (C=O) groups is 2. The Hall–Kier alpha value is -4.14. The van der Waals surface area contributed by atoms with Crippen LogP contribution in [-0.2, 0) is 11.3 Å². The van der Waals surface area contributed by atoms with Gasteiger partial charge in [0.1, 0.15) is 12.4 Å². The molecule has 2 amide bonds. The zero-order valence-corrected chi connectivity index (χ0v) is 21.0. The van der Waals surface area contributed by atoms with Crippen molar-refractivity contribution in [2.75, 3.05) is 41.8 Å². The van der Waals surface area contributed by atoms with E-state index < -0.39 is 0 Å². The fraction of sp³-hybridized carbons (Fsp3) is 0.172. The van der Waals surface area contributed by atoms with Gasteiger partial charge in [0, 0.05) is 30.2 Å². The Labute approximate surface area is 219 Å². The number of thiophene rings is 1. The van der Waals surface area contributed by atoms with Crippen molar-refractivity contribution in [3.63, 3.8) is 0 Å². The molecule has 37 heavy (non-hydrogen) atoms. The average Bonchev–Trinajstić information content (AvgIpc) is 3.49. The van der Waals surface area contributed by atoms with Gasteiger partial charge >= 0.3 is 0 Å². The molecule has 0 bridgehead atoms. The first-order valence-corrected chi connectivity index (χ1v) is 12.9. The van der Waals surface area contributed by atoms with E-state index in [1.807, 2.05) is 78.2 Å². The van der Waals surface area contributed by atoms with Crippen LogP contribution in [0, 0.1) is 0 Å². The molecule has 7 nitrogen and oxygen atoms in total. The Morgan fingerprint density at radius 1 is 0.838 bits per heavy atom. The van der Waals surface area contributed by atoms with Crippen molar-refractivity contribution in [2.45, 2.75) is 6.61 Å². The van der Waals surface area contributed by atoms with Gasteiger partial charge in [0.25, 0.3) is 11.8 Å². The summed E-state index contributed by atoms with van der Waals surface area (Å²) in [5.41, 5.74) is 3.58. The molecule has 1 aromatic heterocycles. The lowest BCUT2D eigenvalue weighted by molar-refractivity contribution is 0.101. The van der Waals surface area contributed by atoms with E-state index in [9.17, 15) is 9.59 Å². The Balaban J connectivity index is 1.31. The molecule has 2 heterocycles. The number of anilines is 3. The minimum Gasteiger partial charge on any atom is -0.489 e. The highest BCUT2D eigenvalue weighted by Gasteiger charge is 2.20. The number of benzene rings is 3. The van der Waals surface area contributed by atoms with Crippen molar-refractivity contribution in [3.05, 3.63) is 106 Å². The fourth-order valence-corrected chi connectivity index (χ4v) is 4.67. The molecule has 0 unspecified atom stereocenters. The van der Waals surface area contributed by atoms with E-state index in [2.05, 4.69) is 15.5 Å². The van der Waals surface area contributed by atoms with Gasteiger partial charge < -0.3 is 25.0 Å². The lowest BCUT2D eigenvalue weighted by Gasteiger charge is -2.30. The quantitative estimate of drug-likeness (QED) is 0.317. The largest absolute Gasteiger partial charge is 0.489 e. The molecule has 188 valence electrons. The molecule has 1 fully saturated rings. The van der Waals surface area contributed by atoms with Gasteiger partial charge in [0.2, 0.25) is 0 Å². The molecule has 8 heteroatoms. The molecule has 1 saturated heterocycles. The average molecular weight is 514 g/mol. The van der Waals surface area contributed by atoms with E-state index in [1.54, 1.807) is 12.1 Å². The van der Waals surface area contributed by atoms with Gasteiger partial charge in [0.15, 0.2) is 0 Å². The lowest BCUT2D eigenvalue weighted by atomic mass is 10.1. The maximum absolute atomic E-state index is 13.4. The molecule has 0 atom stereocenters. The highest BCUT2D eigenvalue weighted by atomic mass is 32.1. The molecule has 5 rings (SSSR count). The third-order valence-corrected chi connectivity index (χ3v) is 6.82. The molecule has 0 aliphatic carbocycles. The Bertz CT molecular complexity index is 1340. The maximum atomic E-state index is 13.4. The highest BCUT2D eigenvalue weighted by molar-refractivity contribution is 7.12. The number of carbonyl (C=O) groups excluding carboxylic acids is 2. The van der Waals surface area contributed by atoms with E-state index in [1.165, 1.54) is 11.3 Å². The van der Waals surface area contributed by atoms with E-state index in [0.29, 0.717) is 60.5 Å². The van der Waals surface area contributed by atoms with Crippen molar-refractivity contribution < 1.29 is 19.1 Å². The van der Waals surface area contributed by atoms with E-state index in [-0.39, 0.29) is 11.8 Å². The van der Waals surface area contributed by atoms with Crippen LogP contribution in [0.3, 0.4) is 0 Å². The summed E-state index contributed by atoms with van der Waals surface area (Å²) in [5, 5.41) is 7.74. The molecule has 4 aromatic rings. The predicted octanol–water partition coefficient (Wildman–Crippen LogP) is 5.67.